The van der Waals surface area contributed by atoms with E-state index in [2.05, 4.69) is 5.32 Å². The second-order valence-corrected chi connectivity index (χ2v) is 3.75. The van der Waals surface area contributed by atoms with Crippen LogP contribution in [0.25, 0.3) is 0 Å². The van der Waals surface area contributed by atoms with E-state index in [0.717, 1.165) is 23.4 Å². The molecule has 0 aliphatic carbocycles. The lowest BCUT2D eigenvalue weighted by Gasteiger charge is -2.09. The van der Waals surface area contributed by atoms with Crippen LogP contribution >= 0.6 is 12.2 Å². The molecule has 0 saturated carbocycles. The molecule has 3 nitrogen and oxygen atoms in total. The highest BCUT2D eigenvalue weighted by atomic mass is 32.1. The van der Waals surface area contributed by atoms with E-state index in [1.165, 1.54) is 0 Å². The second-order valence-electron chi connectivity index (χ2n) is 3.31. The highest BCUT2D eigenvalue weighted by Gasteiger charge is 2.01. The van der Waals surface area contributed by atoms with Gasteiger partial charge in [-0.1, -0.05) is 12.2 Å². The molecule has 4 heteroatoms. The van der Waals surface area contributed by atoms with E-state index in [0.29, 0.717) is 11.6 Å². The first-order valence-corrected chi connectivity index (χ1v) is 5.19. The van der Waals surface area contributed by atoms with E-state index in [4.69, 9.17) is 22.7 Å². The Morgan fingerprint density at radius 1 is 1.53 bits per heavy atom. The maximum absolute atomic E-state index is 5.58. The molecule has 0 amide bonds. The third kappa shape index (κ3) is 3.49. The summed E-state index contributed by atoms with van der Waals surface area (Å²) in [4.78, 5) is 0.441. The van der Waals surface area contributed by atoms with Gasteiger partial charge in [-0.05, 0) is 30.7 Å². The zero-order valence-corrected chi connectivity index (χ0v) is 9.86. The molecular weight excluding hydrogens is 208 g/mol. The molecule has 0 fully saturated rings. The smallest absolute Gasteiger partial charge is 0.104 e. The van der Waals surface area contributed by atoms with Gasteiger partial charge in [0.1, 0.15) is 4.99 Å². The molecule has 1 aromatic carbocycles. The Hall–Kier alpha value is -1.13. The number of benzene rings is 1. The minimum absolute atomic E-state index is 0.441. The van der Waals surface area contributed by atoms with Gasteiger partial charge in [-0.25, -0.2) is 0 Å². The molecule has 0 aliphatic heterocycles. The lowest BCUT2D eigenvalue weighted by Crippen LogP contribution is -2.12. The molecule has 0 radical (unpaired) electrons. The minimum atomic E-state index is 0.441. The fraction of sp³-hybridized carbons (Fsp3) is 0.364. The third-order valence-corrected chi connectivity index (χ3v) is 2.35. The number of anilines is 1. The Morgan fingerprint density at radius 2 is 2.27 bits per heavy atom. The minimum Gasteiger partial charge on any atom is -0.389 e. The molecule has 1 aromatic rings. The predicted octanol–water partition coefficient (Wildman–Crippen LogP) is 1.69. The van der Waals surface area contributed by atoms with Crippen LogP contribution in [0.2, 0.25) is 0 Å². The van der Waals surface area contributed by atoms with E-state index in [9.17, 15) is 0 Å². The van der Waals surface area contributed by atoms with E-state index in [1.54, 1.807) is 7.11 Å². The molecule has 0 spiro atoms. The first-order chi connectivity index (χ1) is 7.15. The second kappa shape index (κ2) is 5.68. The lowest BCUT2D eigenvalue weighted by atomic mass is 10.1. The maximum Gasteiger partial charge on any atom is 0.104 e. The van der Waals surface area contributed by atoms with Crippen molar-refractivity contribution in [1.29, 1.82) is 0 Å². The number of methoxy groups -OCH3 is 1. The molecule has 0 bridgehead atoms. The zero-order chi connectivity index (χ0) is 11.3. The Labute approximate surface area is 95.6 Å². The van der Waals surface area contributed by atoms with Crippen LogP contribution in [0.5, 0.6) is 0 Å². The number of hydrogen-bond donors (Lipinski definition) is 2. The number of hydrogen-bond acceptors (Lipinski definition) is 3. The summed E-state index contributed by atoms with van der Waals surface area (Å²) >= 11 is 4.94. The Kier molecular flexibility index (Phi) is 4.52. The van der Waals surface area contributed by atoms with Crippen LogP contribution in [-0.4, -0.2) is 25.2 Å². The Morgan fingerprint density at radius 3 is 2.80 bits per heavy atom. The maximum atomic E-state index is 5.58. The summed E-state index contributed by atoms with van der Waals surface area (Å²) in [5, 5.41) is 3.24. The first-order valence-electron chi connectivity index (χ1n) is 4.78. The lowest BCUT2D eigenvalue weighted by molar-refractivity contribution is 0.211. The molecule has 0 aliphatic rings. The summed E-state index contributed by atoms with van der Waals surface area (Å²) < 4.78 is 4.95. The normalized spacial score (nSPS) is 10.0. The van der Waals surface area contributed by atoms with Gasteiger partial charge in [-0.2, -0.15) is 0 Å². The van der Waals surface area contributed by atoms with Crippen molar-refractivity contribution in [2.45, 2.75) is 6.92 Å². The van der Waals surface area contributed by atoms with Gasteiger partial charge < -0.3 is 15.8 Å². The van der Waals surface area contributed by atoms with Crippen LogP contribution < -0.4 is 11.1 Å². The quantitative estimate of drug-likeness (QED) is 0.590. The summed E-state index contributed by atoms with van der Waals surface area (Å²) in [6.07, 6.45) is 0. The van der Waals surface area contributed by atoms with Crippen LogP contribution in [0.15, 0.2) is 18.2 Å². The largest absolute Gasteiger partial charge is 0.389 e. The van der Waals surface area contributed by atoms with Gasteiger partial charge in [0.2, 0.25) is 0 Å². The van der Waals surface area contributed by atoms with Gasteiger partial charge in [0.05, 0.1) is 6.61 Å². The molecule has 0 saturated heterocycles. The molecule has 82 valence electrons. The van der Waals surface area contributed by atoms with Crippen molar-refractivity contribution >= 4 is 22.9 Å². The van der Waals surface area contributed by atoms with Crippen LogP contribution in [0, 0.1) is 6.92 Å². The van der Waals surface area contributed by atoms with E-state index >= 15 is 0 Å². The average Bonchev–Trinajstić information content (AvgIpc) is 2.17. The van der Waals surface area contributed by atoms with E-state index in [1.807, 2.05) is 25.1 Å². The fourth-order valence-electron chi connectivity index (χ4n) is 1.35. The topological polar surface area (TPSA) is 47.3 Å². The summed E-state index contributed by atoms with van der Waals surface area (Å²) in [6.45, 7) is 3.48. The number of rotatable bonds is 5. The van der Waals surface area contributed by atoms with Crippen molar-refractivity contribution in [2.75, 3.05) is 25.6 Å². The number of thiocarbonyl (C=S) groups is 1. The van der Waals surface area contributed by atoms with Crippen molar-refractivity contribution in [3.63, 3.8) is 0 Å². The average molecular weight is 224 g/mol. The highest BCUT2D eigenvalue weighted by Crippen LogP contribution is 2.14. The van der Waals surface area contributed by atoms with Crippen LogP contribution in [0.4, 0.5) is 5.69 Å². The molecule has 1 rings (SSSR count). The molecule has 0 aromatic heterocycles. The monoisotopic (exact) mass is 224 g/mol. The van der Waals surface area contributed by atoms with E-state index in [-0.39, 0.29) is 0 Å². The van der Waals surface area contributed by atoms with Gasteiger partial charge >= 0.3 is 0 Å². The van der Waals surface area contributed by atoms with Crippen molar-refractivity contribution in [1.82, 2.24) is 0 Å². The zero-order valence-electron chi connectivity index (χ0n) is 9.04. The fourth-order valence-corrected chi connectivity index (χ4v) is 1.58. The molecule has 0 heterocycles. The highest BCUT2D eigenvalue weighted by molar-refractivity contribution is 7.80. The first kappa shape index (κ1) is 11.9. The Balaban J connectivity index is 2.69. The summed E-state index contributed by atoms with van der Waals surface area (Å²) in [6, 6.07) is 5.94. The molecule has 3 N–H and O–H groups in total. The van der Waals surface area contributed by atoms with Crippen LogP contribution in [0.3, 0.4) is 0 Å². The summed E-state index contributed by atoms with van der Waals surface area (Å²) in [5.74, 6) is 0. The predicted molar refractivity (Wildman–Crippen MR) is 67.4 cm³/mol. The number of nitrogens with two attached hydrogens (primary N) is 1. The molecule has 15 heavy (non-hydrogen) atoms. The van der Waals surface area contributed by atoms with Crippen molar-refractivity contribution < 1.29 is 4.74 Å². The number of nitrogens with one attached hydrogen (secondary N) is 1. The molecule has 0 unspecified atom stereocenters. The number of aryl methyl sites for hydroxylation is 1. The van der Waals surface area contributed by atoms with Crippen LogP contribution in [-0.2, 0) is 4.74 Å². The van der Waals surface area contributed by atoms with Crippen LogP contribution in [0.1, 0.15) is 11.1 Å². The molecule has 0 atom stereocenters. The van der Waals surface area contributed by atoms with E-state index < -0.39 is 0 Å². The number of ether oxygens (including phenoxy) is 1. The van der Waals surface area contributed by atoms with Crippen molar-refractivity contribution in [3.8, 4) is 0 Å². The van der Waals surface area contributed by atoms with Gasteiger partial charge in [0.15, 0.2) is 0 Å². The van der Waals surface area contributed by atoms with Gasteiger partial charge in [-0.15, -0.1) is 0 Å². The summed E-state index contributed by atoms with van der Waals surface area (Å²) in [5.41, 5.74) is 8.66. The Bertz CT molecular complexity index is 352. The van der Waals surface area contributed by atoms with Gasteiger partial charge in [0.25, 0.3) is 0 Å². The van der Waals surface area contributed by atoms with Crippen molar-refractivity contribution in [2.24, 2.45) is 5.73 Å². The SMILES string of the molecule is COCCNc1ccc(C(N)=S)c(C)c1. The van der Waals surface area contributed by atoms with Gasteiger partial charge in [0, 0.05) is 24.9 Å². The van der Waals surface area contributed by atoms with Crippen molar-refractivity contribution in [3.05, 3.63) is 29.3 Å². The molecular formula is C11H16N2OS. The standard InChI is InChI=1S/C11H16N2OS/c1-8-7-9(13-5-6-14-2)3-4-10(8)11(12)15/h3-4,7,13H,5-6H2,1-2H3,(H2,12,15). The third-order valence-electron chi connectivity index (χ3n) is 2.13. The van der Waals surface area contributed by atoms with Gasteiger partial charge in [-0.3, -0.25) is 0 Å². The summed E-state index contributed by atoms with van der Waals surface area (Å²) in [7, 11) is 1.68.